The summed E-state index contributed by atoms with van der Waals surface area (Å²) >= 11 is 0. The smallest absolute Gasteiger partial charge is 0.169 e. The Morgan fingerprint density at radius 3 is 3.14 bits per heavy atom. The van der Waals surface area contributed by atoms with Crippen LogP contribution in [0.2, 0.25) is 0 Å². The Labute approximate surface area is 41.6 Å². The minimum atomic E-state index is -0.000000000000000444. The van der Waals surface area contributed by atoms with Crippen LogP contribution in [0.4, 0.5) is 0 Å². The van der Waals surface area contributed by atoms with Crippen LogP contribution in [0.1, 0.15) is 0 Å². The van der Waals surface area contributed by atoms with Crippen LogP contribution in [0.25, 0.3) is 0 Å². The van der Waals surface area contributed by atoms with E-state index in [1.165, 1.54) is 6.40 Å². The number of nitrogens with zero attached hydrogens (tertiary/aromatic N) is 1. The fraction of sp³-hybridized carbons (Fsp3) is 0.750. The molecule has 0 aliphatic carbocycles. The van der Waals surface area contributed by atoms with Crippen molar-refractivity contribution < 1.29 is 9.84 Å². The molecule has 7 heavy (non-hydrogen) atoms. The van der Waals surface area contributed by atoms with E-state index in [2.05, 4.69) is 4.99 Å². The largest absolute Gasteiger partial charge is 0.481 e. The summed E-state index contributed by atoms with van der Waals surface area (Å²) in [4.78, 5) is 3.76. The zero-order valence-corrected chi connectivity index (χ0v) is 3.87. The molecule has 0 radical (unpaired) electrons. The maximum Gasteiger partial charge on any atom is 0.169 e. The average Bonchev–Trinajstić information content (AvgIpc) is 2.14. The average molecular weight is 101 g/mol. The number of aliphatic imine (C=N–C) groups is 1. The van der Waals surface area contributed by atoms with Gasteiger partial charge in [0.05, 0.1) is 6.61 Å². The van der Waals surface area contributed by atoms with Crippen LogP contribution < -0.4 is 0 Å². The van der Waals surface area contributed by atoms with Crippen molar-refractivity contribution in [1.29, 1.82) is 0 Å². The van der Waals surface area contributed by atoms with E-state index < -0.39 is 0 Å². The van der Waals surface area contributed by atoms with Gasteiger partial charge < -0.3 is 9.84 Å². The first-order chi connectivity index (χ1) is 3.43. The lowest BCUT2D eigenvalue weighted by atomic mass is 10.4. The molecule has 1 aliphatic rings. The first kappa shape index (κ1) is 4.59. The molecule has 40 valence electrons. The van der Waals surface area contributed by atoms with Gasteiger partial charge in [-0.15, -0.1) is 0 Å². The van der Waals surface area contributed by atoms with E-state index in [0.29, 0.717) is 6.61 Å². The highest BCUT2D eigenvalue weighted by Gasteiger charge is 2.07. The van der Waals surface area contributed by atoms with Crippen LogP contribution in [0.15, 0.2) is 4.99 Å². The third-order valence-corrected chi connectivity index (χ3v) is 0.846. The Kier molecular flexibility index (Phi) is 1.26. The van der Waals surface area contributed by atoms with Gasteiger partial charge in [-0.25, -0.2) is 4.99 Å². The molecular formula is C4H7NO2. The molecular weight excluding hydrogens is 94.0 g/mol. The topological polar surface area (TPSA) is 41.8 Å². The van der Waals surface area contributed by atoms with Gasteiger partial charge in [0.2, 0.25) is 0 Å². The summed E-state index contributed by atoms with van der Waals surface area (Å²) in [5, 5.41) is 8.37. The van der Waals surface area contributed by atoms with E-state index >= 15 is 0 Å². The van der Waals surface area contributed by atoms with Crippen LogP contribution >= 0.6 is 0 Å². The van der Waals surface area contributed by atoms with E-state index in [4.69, 9.17) is 9.84 Å². The van der Waals surface area contributed by atoms with Crippen molar-refractivity contribution in [3.63, 3.8) is 0 Å². The molecule has 1 N–H and O–H groups in total. The van der Waals surface area contributed by atoms with E-state index in [-0.39, 0.29) is 12.6 Å². The maximum atomic E-state index is 8.37. The second-order valence-electron chi connectivity index (χ2n) is 1.42. The summed E-state index contributed by atoms with van der Waals surface area (Å²) in [7, 11) is 0. The fourth-order valence-electron chi connectivity index (χ4n) is 0.426. The molecule has 1 heterocycles. The van der Waals surface area contributed by atoms with Gasteiger partial charge in [0, 0.05) is 0 Å². The highest BCUT2D eigenvalue weighted by molar-refractivity contribution is 5.48. The lowest BCUT2D eigenvalue weighted by Gasteiger charge is -1.94. The lowest BCUT2D eigenvalue weighted by Crippen LogP contribution is -2.10. The molecule has 0 aromatic rings. The van der Waals surface area contributed by atoms with Gasteiger partial charge in [0.25, 0.3) is 0 Å². The first-order valence-electron chi connectivity index (χ1n) is 2.17. The molecule has 1 atom stereocenters. The van der Waals surface area contributed by atoms with E-state index in [0.717, 1.165) is 0 Å². The zero-order chi connectivity index (χ0) is 5.11. The van der Waals surface area contributed by atoms with Gasteiger partial charge in [-0.05, 0) is 0 Å². The van der Waals surface area contributed by atoms with E-state index in [1.807, 2.05) is 0 Å². The Balaban J connectivity index is 2.28. The predicted octanol–water partition coefficient (Wildman–Crippen LogP) is -0.594. The van der Waals surface area contributed by atoms with Crippen molar-refractivity contribution in [2.75, 3.05) is 13.2 Å². The predicted molar refractivity (Wildman–Crippen MR) is 25.3 cm³/mol. The third kappa shape index (κ3) is 0.899. The fourth-order valence-corrected chi connectivity index (χ4v) is 0.426. The molecule has 0 aromatic carbocycles. The van der Waals surface area contributed by atoms with Crippen molar-refractivity contribution >= 4 is 6.40 Å². The van der Waals surface area contributed by atoms with Crippen LogP contribution in [0.5, 0.6) is 0 Å². The quantitative estimate of drug-likeness (QED) is 0.479. The van der Waals surface area contributed by atoms with Crippen molar-refractivity contribution in [3.8, 4) is 0 Å². The summed E-state index contributed by atoms with van der Waals surface area (Å²) in [6, 6.07) is -0.000000000000000444. The highest BCUT2D eigenvalue weighted by atomic mass is 16.5. The molecule has 0 fully saturated rings. The van der Waals surface area contributed by atoms with E-state index in [1.54, 1.807) is 0 Å². The molecule has 0 bridgehead atoms. The van der Waals surface area contributed by atoms with Gasteiger partial charge in [0.15, 0.2) is 6.40 Å². The molecule has 0 spiro atoms. The molecule has 1 rings (SSSR count). The number of aliphatic hydroxyl groups is 1. The lowest BCUT2D eigenvalue weighted by molar-refractivity contribution is 0.230. The van der Waals surface area contributed by atoms with Gasteiger partial charge in [-0.1, -0.05) is 0 Å². The zero-order valence-electron chi connectivity index (χ0n) is 3.87. The van der Waals surface area contributed by atoms with Crippen LogP contribution in [0, 0.1) is 0 Å². The molecule has 3 nitrogen and oxygen atoms in total. The van der Waals surface area contributed by atoms with Crippen molar-refractivity contribution in [2.45, 2.75) is 6.04 Å². The minimum Gasteiger partial charge on any atom is -0.481 e. The maximum absolute atomic E-state index is 8.37. The standard InChI is InChI=1S/C4H7NO2/c6-1-4-2-7-3-5-4/h3-4,6H,1-2H2. The van der Waals surface area contributed by atoms with Gasteiger partial charge in [0.1, 0.15) is 12.6 Å². The summed E-state index contributed by atoms with van der Waals surface area (Å²) in [5.74, 6) is 0. The summed E-state index contributed by atoms with van der Waals surface area (Å²) in [5.41, 5.74) is 0. The number of rotatable bonds is 1. The van der Waals surface area contributed by atoms with Crippen molar-refractivity contribution in [2.24, 2.45) is 4.99 Å². The summed E-state index contributed by atoms with van der Waals surface area (Å²) < 4.78 is 4.70. The van der Waals surface area contributed by atoms with Gasteiger partial charge >= 0.3 is 0 Å². The minimum absolute atomic E-state index is 0.000000000000000444. The van der Waals surface area contributed by atoms with Crippen LogP contribution in [-0.4, -0.2) is 30.8 Å². The molecule has 1 aliphatic heterocycles. The number of ether oxygens (including phenoxy) is 1. The van der Waals surface area contributed by atoms with Gasteiger partial charge in [-0.2, -0.15) is 0 Å². The highest BCUT2D eigenvalue weighted by Crippen LogP contribution is 1.95. The Bertz CT molecular complexity index is 81.8. The van der Waals surface area contributed by atoms with Crippen molar-refractivity contribution in [1.82, 2.24) is 0 Å². The Morgan fingerprint density at radius 2 is 2.86 bits per heavy atom. The summed E-state index contributed by atoms with van der Waals surface area (Å²) in [6.45, 7) is 0.632. The first-order valence-corrected chi connectivity index (χ1v) is 2.17. The second-order valence-corrected chi connectivity index (χ2v) is 1.42. The molecule has 0 aromatic heterocycles. The van der Waals surface area contributed by atoms with Crippen LogP contribution in [-0.2, 0) is 4.74 Å². The number of hydrogen-bond donors (Lipinski definition) is 1. The third-order valence-electron chi connectivity index (χ3n) is 0.846. The van der Waals surface area contributed by atoms with Gasteiger partial charge in [-0.3, -0.25) is 0 Å². The summed E-state index contributed by atoms with van der Waals surface area (Å²) in [6.07, 6.45) is 1.38. The molecule has 0 saturated heterocycles. The SMILES string of the molecule is OCC1COC=N1. The van der Waals surface area contributed by atoms with Crippen molar-refractivity contribution in [3.05, 3.63) is 0 Å². The monoisotopic (exact) mass is 101 g/mol. The second kappa shape index (κ2) is 1.93. The molecule has 0 amide bonds. The molecule has 1 unspecified atom stereocenters. The van der Waals surface area contributed by atoms with E-state index in [9.17, 15) is 0 Å². The normalized spacial score (nSPS) is 27.9. The van der Waals surface area contributed by atoms with Crippen LogP contribution in [0.3, 0.4) is 0 Å². The Hall–Kier alpha value is -0.570. The number of hydrogen-bond acceptors (Lipinski definition) is 3. The number of aliphatic hydroxyl groups excluding tert-OH is 1. The Morgan fingerprint density at radius 1 is 2.00 bits per heavy atom. The molecule has 0 saturated carbocycles. The molecule has 3 heteroatoms.